The summed E-state index contributed by atoms with van der Waals surface area (Å²) < 4.78 is 39.5. The molecule has 1 aliphatic heterocycles. The third kappa shape index (κ3) is 4.57. The lowest BCUT2D eigenvalue weighted by Crippen LogP contribution is -2.37. The second kappa shape index (κ2) is 7.96. The first kappa shape index (κ1) is 19.2. The average molecular weight is 391 g/mol. The predicted molar refractivity (Wildman–Crippen MR) is 105 cm³/mol. The van der Waals surface area contributed by atoms with E-state index in [0.717, 1.165) is 18.4 Å². The van der Waals surface area contributed by atoms with Gasteiger partial charge in [0.05, 0.1) is 11.4 Å². The summed E-state index contributed by atoms with van der Waals surface area (Å²) in [5.41, 5.74) is 2.52. The molecule has 2 N–H and O–H groups in total. The smallest absolute Gasteiger partial charge is 0.308 e. The van der Waals surface area contributed by atoms with Gasteiger partial charge in [0, 0.05) is 17.9 Å². The van der Waals surface area contributed by atoms with Crippen LogP contribution in [0.15, 0.2) is 42.5 Å². The van der Waals surface area contributed by atoms with Crippen molar-refractivity contribution in [1.82, 2.24) is 0 Å². The highest BCUT2D eigenvalue weighted by atomic mass is 32.2. The summed E-state index contributed by atoms with van der Waals surface area (Å²) in [6.45, 7) is 2.28. The molecule has 0 bridgehead atoms. The number of benzene rings is 2. The van der Waals surface area contributed by atoms with Crippen molar-refractivity contribution in [1.29, 1.82) is 0 Å². The molecule has 27 heavy (non-hydrogen) atoms. The van der Waals surface area contributed by atoms with Crippen LogP contribution in [-0.2, 0) is 16.4 Å². The molecule has 2 aromatic rings. The van der Waals surface area contributed by atoms with Crippen molar-refractivity contribution in [2.24, 2.45) is 0 Å². The van der Waals surface area contributed by atoms with Crippen molar-refractivity contribution in [3.63, 3.8) is 0 Å². The number of halogens is 1. The van der Waals surface area contributed by atoms with E-state index in [9.17, 15) is 17.6 Å². The minimum Gasteiger partial charge on any atom is -0.308 e. The van der Waals surface area contributed by atoms with Crippen LogP contribution in [0, 0.1) is 5.82 Å². The average Bonchev–Trinajstić information content (AvgIpc) is 2.63. The quantitative estimate of drug-likeness (QED) is 0.810. The van der Waals surface area contributed by atoms with E-state index in [-0.39, 0.29) is 11.6 Å². The Balaban J connectivity index is 1.78. The maximum Gasteiger partial charge on any atom is 0.323 e. The van der Waals surface area contributed by atoms with Gasteiger partial charge in [0.15, 0.2) is 0 Å². The molecule has 1 heterocycles. The lowest BCUT2D eigenvalue weighted by molar-refractivity contribution is 0.262. The van der Waals surface area contributed by atoms with Crippen LogP contribution >= 0.6 is 0 Å². The maximum atomic E-state index is 12.9. The number of carbonyl (C=O) groups is 1. The Morgan fingerprint density at radius 1 is 1.11 bits per heavy atom. The van der Waals surface area contributed by atoms with Crippen molar-refractivity contribution < 1.29 is 17.6 Å². The van der Waals surface area contributed by atoms with Crippen molar-refractivity contribution in [2.75, 3.05) is 27.2 Å². The van der Waals surface area contributed by atoms with Crippen molar-refractivity contribution in [2.45, 2.75) is 26.2 Å². The summed E-state index contributed by atoms with van der Waals surface area (Å²) in [5.74, 6) is -0.293. The molecule has 0 fully saturated rings. The first-order valence-electron chi connectivity index (χ1n) is 8.86. The fourth-order valence-electron chi connectivity index (χ4n) is 3.10. The number of hydrogen-bond acceptors (Lipinski definition) is 3. The number of carbonyl (C=O) groups excluding carboxylic acids is 1. The molecule has 0 atom stereocenters. The van der Waals surface area contributed by atoms with E-state index in [1.807, 2.05) is 13.0 Å². The van der Waals surface area contributed by atoms with E-state index in [1.165, 1.54) is 28.6 Å². The van der Waals surface area contributed by atoms with Gasteiger partial charge in [-0.1, -0.05) is 13.0 Å². The molecule has 2 amide bonds. The van der Waals surface area contributed by atoms with Crippen LogP contribution in [0.25, 0.3) is 0 Å². The SMILES string of the molecule is CCCS(=O)(=O)N1CCCc2ccc(NC(=O)Nc3ccc(F)cc3)cc21. The molecule has 1 aliphatic rings. The highest BCUT2D eigenvalue weighted by molar-refractivity contribution is 7.92. The standard InChI is InChI=1S/C19H22FN3O3S/c1-2-12-27(25,26)23-11-3-4-14-5-8-17(13-18(14)23)22-19(24)21-16-9-6-15(20)7-10-16/h5-10,13H,2-4,11-12H2,1H3,(H2,21,22,24). The van der Waals surface area contributed by atoms with Crippen LogP contribution in [0.5, 0.6) is 0 Å². The zero-order valence-corrected chi connectivity index (χ0v) is 15.9. The van der Waals surface area contributed by atoms with E-state index in [2.05, 4.69) is 10.6 Å². The molecule has 6 nitrogen and oxygen atoms in total. The number of urea groups is 1. The van der Waals surface area contributed by atoms with Crippen LogP contribution in [-0.4, -0.2) is 26.7 Å². The van der Waals surface area contributed by atoms with E-state index in [0.29, 0.717) is 30.0 Å². The molecule has 0 unspecified atom stereocenters. The highest BCUT2D eigenvalue weighted by Gasteiger charge is 2.27. The number of nitrogens with zero attached hydrogens (tertiary/aromatic N) is 1. The Morgan fingerprint density at radius 3 is 2.48 bits per heavy atom. The molecule has 0 spiro atoms. The molecule has 144 valence electrons. The normalized spacial score (nSPS) is 13.8. The topological polar surface area (TPSA) is 78.5 Å². The van der Waals surface area contributed by atoms with Gasteiger partial charge in [0.1, 0.15) is 5.82 Å². The van der Waals surface area contributed by atoms with Gasteiger partial charge in [-0.3, -0.25) is 4.31 Å². The van der Waals surface area contributed by atoms with Gasteiger partial charge in [-0.15, -0.1) is 0 Å². The van der Waals surface area contributed by atoms with Gasteiger partial charge in [0.2, 0.25) is 10.0 Å². The molecular formula is C19H22FN3O3S. The summed E-state index contributed by atoms with van der Waals surface area (Å²) in [6, 6.07) is 10.2. The Bertz CT molecular complexity index is 930. The van der Waals surface area contributed by atoms with Crippen LogP contribution in [0.2, 0.25) is 0 Å². The number of anilines is 3. The van der Waals surface area contributed by atoms with E-state index >= 15 is 0 Å². The predicted octanol–water partition coefficient (Wildman–Crippen LogP) is 3.96. The number of fused-ring (bicyclic) bond motifs is 1. The monoisotopic (exact) mass is 391 g/mol. The molecule has 8 heteroatoms. The van der Waals surface area contributed by atoms with Crippen molar-refractivity contribution >= 4 is 33.1 Å². The largest absolute Gasteiger partial charge is 0.323 e. The Labute approximate surface area is 158 Å². The summed E-state index contributed by atoms with van der Waals surface area (Å²) in [4.78, 5) is 12.2. The van der Waals surface area contributed by atoms with Gasteiger partial charge in [-0.05, 0) is 61.2 Å². The number of aryl methyl sites for hydroxylation is 1. The van der Waals surface area contributed by atoms with Gasteiger partial charge in [-0.25, -0.2) is 17.6 Å². The molecule has 0 saturated heterocycles. The molecule has 0 aromatic heterocycles. The number of hydrogen-bond donors (Lipinski definition) is 2. The summed E-state index contributed by atoms with van der Waals surface area (Å²) in [7, 11) is -3.38. The number of sulfonamides is 1. The summed E-state index contributed by atoms with van der Waals surface area (Å²) in [5, 5.41) is 5.30. The molecule has 2 aromatic carbocycles. The fraction of sp³-hybridized carbons (Fsp3) is 0.316. The maximum absolute atomic E-state index is 12.9. The summed E-state index contributed by atoms with van der Waals surface area (Å²) in [6.07, 6.45) is 2.12. The molecule has 0 aliphatic carbocycles. The number of amides is 2. The van der Waals surface area contributed by atoms with Crippen LogP contribution in [0.4, 0.5) is 26.2 Å². The van der Waals surface area contributed by atoms with Crippen LogP contribution in [0.1, 0.15) is 25.3 Å². The lowest BCUT2D eigenvalue weighted by atomic mass is 10.0. The van der Waals surface area contributed by atoms with Gasteiger partial charge < -0.3 is 10.6 Å². The third-order valence-corrected chi connectivity index (χ3v) is 6.29. The minimum atomic E-state index is -3.38. The first-order valence-corrected chi connectivity index (χ1v) is 10.5. The second-order valence-corrected chi connectivity index (χ2v) is 8.43. The highest BCUT2D eigenvalue weighted by Crippen LogP contribution is 2.32. The fourth-order valence-corrected chi connectivity index (χ4v) is 4.72. The van der Waals surface area contributed by atoms with Gasteiger partial charge >= 0.3 is 6.03 Å². The Kier molecular flexibility index (Phi) is 5.65. The van der Waals surface area contributed by atoms with Crippen molar-refractivity contribution in [3.05, 3.63) is 53.8 Å². The van der Waals surface area contributed by atoms with Gasteiger partial charge in [0.25, 0.3) is 0 Å². The first-order chi connectivity index (χ1) is 12.9. The Hall–Kier alpha value is -2.61. The minimum absolute atomic E-state index is 0.0924. The molecular weight excluding hydrogens is 369 g/mol. The number of nitrogens with one attached hydrogen (secondary N) is 2. The molecule has 3 rings (SSSR count). The van der Waals surface area contributed by atoms with Crippen LogP contribution in [0.3, 0.4) is 0 Å². The summed E-state index contributed by atoms with van der Waals surface area (Å²) >= 11 is 0. The van der Waals surface area contributed by atoms with E-state index in [1.54, 1.807) is 12.1 Å². The van der Waals surface area contributed by atoms with Crippen molar-refractivity contribution in [3.8, 4) is 0 Å². The second-order valence-electron chi connectivity index (χ2n) is 6.42. The number of rotatable bonds is 5. The zero-order chi connectivity index (χ0) is 19.4. The zero-order valence-electron chi connectivity index (χ0n) is 15.0. The third-order valence-electron chi connectivity index (χ3n) is 4.32. The molecule has 0 radical (unpaired) electrons. The van der Waals surface area contributed by atoms with E-state index < -0.39 is 16.1 Å². The van der Waals surface area contributed by atoms with Crippen LogP contribution < -0.4 is 14.9 Å². The molecule has 0 saturated carbocycles. The van der Waals surface area contributed by atoms with Gasteiger partial charge in [-0.2, -0.15) is 0 Å². The Morgan fingerprint density at radius 2 is 1.78 bits per heavy atom. The van der Waals surface area contributed by atoms with E-state index in [4.69, 9.17) is 0 Å². The lowest BCUT2D eigenvalue weighted by Gasteiger charge is -2.31.